The minimum Gasteiger partial charge on any atom is -0.405 e. The molecule has 0 saturated carbocycles. The van der Waals surface area contributed by atoms with Gasteiger partial charge in [0.1, 0.15) is 11.1 Å². The minimum absolute atomic E-state index is 0.552. The summed E-state index contributed by atoms with van der Waals surface area (Å²) in [5, 5.41) is 3.65. The van der Waals surface area contributed by atoms with E-state index in [0.29, 0.717) is 0 Å². The predicted molar refractivity (Wildman–Crippen MR) is 231 cm³/mol. The molecule has 55 heavy (non-hydrogen) atoms. The maximum absolute atomic E-state index is 5.87. The van der Waals surface area contributed by atoms with Gasteiger partial charge in [0.2, 0.25) is 0 Å². The fourth-order valence-electron chi connectivity index (χ4n) is 9.38. The molecule has 6 aromatic carbocycles. The van der Waals surface area contributed by atoms with Gasteiger partial charge in [-0.25, -0.2) is 0 Å². The van der Waals surface area contributed by atoms with Crippen molar-refractivity contribution in [3.63, 3.8) is 0 Å². The molecule has 0 saturated heterocycles. The second kappa shape index (κ2) is 11.8. The number of para-hydroxylation sites is 2. The molecule has 8 aromatic rings. The third-order valence-corrected chi connectivity index (χ3v) is 11.8. The lowest BCUT2D eigenvalue weighted by atomic mass is 9.68. The molecule has 1 unspecified atom stereocenters. The number of rotatable bonds is 6. The van der Waals surface area contributed by atoms with Gasteiger partial charge in [-0.05, 0) is 107 Å². The summed E-state index contributed by atoms with van der Waals surface area (Å²) in [4.78, 5) is 0. The lowest BCUT2D eigenvalue weighted by molar-refractivity contribution is 0.834. The third kappa shape index (κ3) is 4.31. The van der Waals surface area contributed by atoms with Crippen molar-refractivity contribution in [3.05, 3.63) is 192 Å². The largest absolute Gasteiger partial charge is 0.405 e. The van der Waals surface area contributed by atoms with Crippen molar-refractivity contribution in [1.82, 2.24) is 18.5 Å². The van der Waals surface area contributed by atoms with Crippen LogP contribution in [0.1, 0.15) is 29.3 Å². The van der Waals surface area contributed by atoms with Crippen molar-refractivity contribution in [2.75, 3.05) is 0 Å². The number of hydrogen-bond donors (Lipinski definition) is 1. The van der Waals surface area contributed by atoms with Crippen molar-refractivity contribution < 1.29 is 0 Å². The molecular weight excluding hydrogens is 671 g/mol. The van der Waals surface area contributed by atoms with Gasteiger partial charge in [0.15, 0.2) is 0 Å². The fourth-order valence-corrected chi connectivity index (χ4v) is 9.38. The van der Waals surface area contributed by atoms with Crippen LogP contribution in [-0.2, 0) is 5.41 Å². The molecule has 4 heterocycles. The number of aromatic nitrogens is 2. The molecule has 2 aliphatic heterocycles. The summed E-state index contributed by atoms with van der Waals surface area (Å²) in [7, 11) is 0. The number of hydrogen-bond acceptors (Lipinski definition) is 1. The quantitative estimate of drug-likeness (QED) is 0.136. The number of nitrogens with two attached hydrogens (primary N) is 1. The Morgan fingerprint density at radius 3 is 2.04 bits per heavy atom. The lowest BCUT2D eigenvalue weighted by Gasteiger charge is -2.27. The van der Waals surface area contributed by atoms with Gasteiger partial charge in [-0.15, -0.1) is 0 Å². The molecule has 0 spiro atoms. The highest BCUT2D eigenvalue weighted by Crippen LogP contribution is 2.55. The zero-order valence-corrected chi connectivity index (χ0v) is 30.2. The molecule has 0 fully saturated rings. The Bertz CT molecular complexity index is 3170. The molecule has 0 bridgehead atoms. The molecule has 258 valence electrons. The first kappa shape index (κ1) is 31.1. The molecule has 5 heteroatoms. The third-order valence-electron chi connectivity index (χ3n) is 11.8. The standard InChI is InChI=1S/C50H35N5/c1-32(10-8-26-51)50(49-17-9-27-53-49)43-14-5-2-11-37(43)40-29-47-41(28-44(40)50)38-12-3-6-15-45(38)54(47)35-22-18-33(19-23-35)34-20-24-36(25-21-34)55-46-16-7-4-13-39(46)42-30-52-31-48(42)55/h2-31H,51H2,1H3/q+2/b26-8-,32-10+. The molecule has 1 aliphatic carbocycles. The number of nitrogens with zero attached hydrogens (tertiary/aromatic N) is 4. The Labute approximate surface area is 318 Å². The van der Waals surface area contributed by atoms with Gasteiger partial charge in [-0.2, -0.15) is 0 Å². The molecule has 1 atom stereocenters. The first-order valence-corrected chi connectivity index (χ1v) is 18.7. The highest BCUT2D eigenvalue weighted by Gasteiger charge is 2.53. The maximum atomic E-state index is 5.87. The second-order valence-corrected chi connectivity index (χ2v) is 14.5. The van der Waals surface area contributed by atoms with E-state index in [-0.39, 0.29) is 0 Å². The van der Waals surface area contributed by atoms with Crippen LogP contribution >= 0.6 is 0 Å². The van der Waals surface area contributed by atoms with E-state index in [1.165, 1.54) is 77.2 Å². The van der Waals surface area contributed by atoms with E-state index in [1.807, 2.05) is 30.8 Å². The smallest absolute Gasteiger partial charge is 0.323 e. The van der Waals surface area contributed by atoms with E-state index < -0.39 is 5.41 Å². The molecule has 2 N–H and O–H groups in total. The normalized spacial score (nSPS) is 16.6. The Kier molecular flexibility index (Phi) is 6.68. The van der Waals surface area contributed by atoms with Crippen LogP contribution in [0.25, 0.3) is 66.3 Å². The van der Waals surface area contributed by atoms with Crippen LogP contribution in [-0.4, -0.2) is 33.5 Å². The van der Waals surface area contributed by atoms with Crippen molar-refractivity contribution >= 4 is 57.1 Å². The molecule has 0 amide bonds. The minimum atomic E-state index is -0.552. The zero-order valence-electron chi connectivity index (χ0n) is 30.2. The van der Waals surface area contributed by atoms with Crippen molar-refractivity contribution in [3.8, 4) is 33.6 Å². The zero-order chi connectivity index (χ0) is 36.7. The summed E-state index contributed by atoms with van der Waals surface area (Å²) in [5.41, 5.74) is 22.9. The van der Waals surface area contributed by atoms with Gasteiger partial charge in [0.25, 0.3) is 6.21 Å². The van der Waals surface area contributed by atoms with Gasteiger partial charge in [0, 0.05) is 39.7 Å². The Morgan fingerprint density at radius 2 is 1.31 bits per heavy atom. The topological polar surface area (TPSA) is 64.1 Å². The number of benzene rings is 6. The van der Waals surface area contributed by atoms with Gasteiger partial charge < -0.3 is 14.9 Å². The molecular formula is C50H35N5+2. The average molecular weight is 706 g/mol. The van der Waals surface area contributed by atoms with E-state index in [4.69, 9.17) is 10.4 Å². The van der Waals surface area contributed by atoms with E-state index in [9.17, 15) is 0 Å². The number of fused-ring (bicyclic) bond motifs is 9. The van der Waals surface area contributed by atoms with Gasteiger partial charge in [0.05, 0.1) is 22.1 Å². The monoisotopic (exact) mass is 705 g/mol. The summed E-state index contributed by atoms with van der Waals surface area (Å²) in [6.07, 6.45) is 15.7. The van der Waals surface area contributed by atoms with Crippen LogP contribution in [0, 0.1) is 0 Å². The second-order valence-electron chi connectivity index (χ2n) is 14.5. The number of allylic oxidation sites excluding steroid dienone is 5. The van der Waals surface area contributed by atoms with Gasteiger partial charge >= 0.3 is 18.1 Å². The van der Waals surface area contributed by atoms with Crippen LogP contribution in [0.15, 0.2) is 170 Å². The van der Waals surface area contributed by atoms with E-state index in [2.05, 4.69) is 166 Å². The van der Waals surface area contributed by atoms with E-state index in [0.717, 1.165) is 22.8 Å². The first-order chi connectivity index (χ1) is 27.2. The lowest BCUT2D eigenvalue weighted by Crippen LogP contribution is -2.36. The fraction of sp³-hybridized carbons (Fsp3) is 0.0400. The summed E-state index contributed by atoms with van der Waals surface area (Å²) in [6.45, 7) is 2.20. The highest BCUT2D eigenvalue weighted by atomic mass is 15.0. The SMILES string of the molecule is C/C(=C\C=C/N)C1(C2=[N+]=CC=C2)c2ccccc2-c2cc3c(cc21)c1ccccc1n3-c1ccc(-c2ccc(-n3c4c(c5ccccc53)C=[N+]=C4)cc2)cc1. The predicted octanol–water partition coefficient (Wildman–Crippen LogP) is 9.15. The molecule has 2 aromatic heterocycles. The molecule has 0 radical (unpaired) electrons. The van der Waals surface area contributed by atoms with Crippen molar-refractivity contribution in [2.24, 2.45) is 5.73 Å². The van der Waals surface area contributed by atoms with Crippen LogP contribution in [0.2, 0.25) is 0 Å². The summed E-state index contributed by atoms with van der Waals surface area (Å²) in [6, 6.07) is 48.7. The first-order valence-electron chi connectivity index (χ1n) is 18.7. The van der Waals surface area contributed by atoms with Crippen LogP contribution in [0.3, 0.4) is 0 Å². The Hall–Kier alpha value is -7.42. The van der Waals surface area contributed by atoms with Crippen molar-refractivity contribution in [1.29, 1.82) is 0 Å². The van der Waals surface area contributed by atoms with Crippen LogP contribution in [0.5, 0.6) is 0 Å². The summed E-state index contributed by atoms with van der Waals surface area (Å²) >= 11 is 0. The maximum Gasteiger partial charge on any atom is 0.323 e. The van der Waals surface area contributed by atoms with Gasteiger partial charge in [-0.1, -0.05) is 100 Å². The van der Waals surface area contributed by atoms with Crippen LogP contribution in [0.4, 0.5) is 0 Å². The summed E-state index contributed by atoms with van der Waals surface area (Å²) < 4.78 is 14.1. The average Bonchev–Trinajstić information content (AvgIpc) is 4.08. The van der Waals surface area contributed by atoms with E-state index >= 15 is 0 Å². The molecule has 11 rings (SSSR count). The van der Waals surface area contributed by atoms with Crippen LogP contribution < -0.4 is 15.1 Å². The van der Waals surface area contributed by atoms with Crippen molar-refractivity contribution in [2.45, 2.75) is 12.3 Å². The molecule has 5 nitrogen and oxygen atoms in total. The highest BCUT2D eigenvalue weighted by molar-refractivity contribution is 6.19. The summed E-state index contributed by atoms with van der Waals surface area (Å²) in [5.74, 6) is 0. The van der Waals surface area contributed by atoms with E-state index in [1.54, 1.807) is 6.20 Å². The van der Waals surface area contributed by atoms with Gasteiger partial charge in [-0.3, -0.25) is 0 Å². The Balaban J connectivity index is 1.04. The molecule has 3 aliphatic rings. The Morgan fingerprint density at radius 1 is 0.636 bits per heavy atom.